The third-order valence-electron chi connectivity index (χ3n) is 4.87. The Labute approximate surface area is 185 Å². The summed E-state index contributed by atoms with van der Waals surface area (Å²) in [5, 5.41) is 3.48. The van der Waals surface area contributed by atoms with Crippen molar-refractivity contribution in [3.05, 3.63) is 89.5 Å². The molecule has 0 fully saturated rings. The van der Waals surface area contributed by atoms with E-state index in [0.717, 1.165) is 56.2 Å². The number of benzene rings is 1. The van der Waals surface area contributed by atoms with Crippen LogP contribution < -0.4 is 15.8 Å². The van der Waals surface area contributed by atoms with Crippen molar-refractivity contribution in [2.24, 2.45) is 5.73 Å². The number of hydrogen-bond acceptors (Lipinski definition) is 6. The number of nitrogens with one attached hydrogen (secondary N) is 1. The van der Waals surface area contributed by atoms with Crippen molar-refractivity contribution in [2.75, 3.05) is 20.2 Å². The van der Waals surface area contributed by atoms with Gasteiger partial charge in [0.2, 0.25) is 0 Å². The van der Waals surface area contributed by atoms with Gasteiger partial charge in [0.1, 0.15) is 5.75 Å². The molecule has 3 rings (SSSR count). The average molecular weight is 420 g/mol. The molecule has 6 heteroatoms. The Morgan fingerprint density at radius 2 is 1.61 bits per heavy atom. The largest absolute Gasteiger partial charge is 0.494 e. The highest BCUT2D eigenvalue weighted by atomic mass is 16.5. The van der Waals surface area contributed by atoms with Gasteiger partial charge >= 0.3 is 0 Å². The second kappa shape index (κ2) is 12.8. The molecule has 2 heterocycles. The van der Waals surface area contributed by atoms with E-state index in [1.807, 2.05) is 42.7 Å². The van der Waals surface area contributed by atoms with Crippen LogP contribution in [0.5, 0.6) is 5.75 Å². The second-order valence-corrected chi connectivity index (χ2v) is 7.75. The van der Waals surface area contributed by atoms with Gasteiger partial charge in [-0.3, -0.25) is 14.9 Å². The molecular weight excluding hydrogens is 386 g/mol. The number of nitrogens with zero attached hydrogens (tertiary/aromatic N) is 3. The van der Waals surface area contributed by atoms with Crippen molar-refractivity contribution in [3.63, 3.8) is 0 Å². The Balaban J connectivity index is 1.63. The molecule has 0 unspecified atom stereocenters. The molecule has 2 aromatic heterocycles. The normalized spacial score (nSPS) is 11.1. The molecule has 0 aliphatic rings. The molecule has 31 heavy (non-hydrogen) atoms. The van der Waals surface area contributed by atoms with Gasteiger partial charge in [0.25, 0.3) is 0 Å². The van der Waals surface area contributed by atoms with Crippen molar-refractivity contribution in [2.45, 2.75) is 39.0 Å². The Hall–Kier alpha value is -2.80. The van der Waals surface area contributed by atoms with Crippen LogP contribution in [0, 0.1) is 0 Å². The first kappa shape index (κ1) is 22.9. The lowest BCUT2D eigenvalue weighted by molar-refractivity contribution is 0.301. The van der Waals surface area contributed by atoms with Gasteiger partial charge in [-0.05, 0) is 74.0 Å². The summed E-state index contributed by atoms with van der Waals surface area (Å²) in [5.41, 5.74) is 10.1. The maximum Gasteiger partial charge on any atom is 0.119 e. The van der Waals surface area contributed by atoms with Crippen LogP contribution in [0.2, 0.25) is 0 Å². The lowest BCUT2D eigenvalue weighted by Gasteiger charge is -2.18. The topological polar surface area (TPSA) is 76.3 Å². The first-order valence-corrected chi connectivity index (χ1v) is 10.9. The van der Waals surface area contributed by atoms with Gasteiger partial charge in [-0.1, -0.05) is 18.2 Å². The number of rotatable bonds is 13. The minimum Gasteiger partial charge on any atom is -0.494 e. The maximum atomic E-state index is 6.03. The van der Waals surface area contributed by atoms with Gasteiger partial charge in [-0.2, -0.15) is 0 Å². The predicted octanol–water partition coefficient (Wildman–Crippen LogP) is 3.52. The van der Waals surface area contributed by atoms with E-state index in [1.54, 1.807) is 0 Å². The van der Waals surface area contributed by atoms with E-state index >= 15 is 0 Å². The van der Waals surface area contributed by atoms with E-state index in [1.165, 1.54) is 11.1 Å². The number of ether oxygens (including phenoxy) is 1. The third-order valence-corrected chi connectivity index (χ3v) is 4.87. The number of aromatic nitrogens is 2. The SMILES string of the molecule is CN(Cc1cc(CNCc2ccccn2)cc(OCCCCN)c1)Cc1ccccn1. The molecule has 1 aromatic carbocycles. The van der Waals surface area contributed by atoms with E-state index < -0.39 is 0 Å². The molecule has 0 amide bonds. The summed E-state index contributed by atoms with van der Waals surface area (Å²) in [5.74, 6) is 0.912. The number of pyridine rings is 2. The quantitative estimate of drug-likeness (QED) is 0.413. The predicted molar refractivity (Wildman–Crippen MR) is 124 cm³/mol. The van der Waals surface area contributed by atoms with E-state index in [-0.39, 0.29) is 0 Å². The molecule has 0 aliphatic heterocycles. The van der Waals surface area contributed by atoms with Gasteiger partial charge in [-0.15, -0.1) is 0 Å². The van der Waals surface area contributed by atoms with Crippen molar-refractivity contribution in [3.8, 4) is 5.75 Å². The molecule has 3 N–H and O–H groups in total. The smallest absolute Gasteiger partial charge is 0.119 e. The van der Waals surface area contributed by atoms with Crippen LogP contribution in [0.4, 0.5) is 0 Å². The van der Waals surface area contributed by atoms with Gasteiger partial charge in [0, 0.05) is 38.6 Å². The molecule has 0 saturated carbocycles. The molecule has 0 atom stereocenters. The average Bonchev–Trinajstić information content (AvgIpc) is 2.78. The molecule has 0 bridgehead atoms. The second-order valence-electron chi connectivity index (χ2n) is 7.75. The van der Waals surface area contributed by atoms with Crippen LogP contribution in [0.3, 0.4) is 0 Å². The Morgan fingerprint density at radius 1 is 0.871 bits per heavy atom. The van der Waals surface area contributed by atoms with Gasteiger partial charge in [0.15, 0.2) is 0 Å². The molecule has 0 aliphatic carbocycles. The summed E-state index contributed by atoms with van der Waals surface area (Å²) >= 11 is 0. The van der Waals surface area contributed by atoms with Crippen LogP contribution in [-0.2, 0) is 26.2 Å². The molecule has 0 spiro atoms. The first-order valence-electron chi connectivity index (χ1n) is 10.9. The first-order chi connectivity index (χ1) is 15.2. The molecule has 6 nitrogen and oxygen atoms in total. The summed E-state index contributed by atoms with van der Waals surface area (Å²) < 4.78 is 6.03. The lowest BCUT2D eigenvalue weighted by atomic mass is 10.1. The summed E-state index contributed by atoms with van der Waals surface area (Å²) in [6.45, 7) is 4.50. The highest BCUT2D eigenvalue weighted by molar-refractivity contribution is 5.34. The van der Waals surface area contributed by atoms with E-state index in [4.69, 9.17) is 10.5 Å². The monoisotopic (exact) mass is 419 g/mol. The fraction of sp³-hybridized carbons (Fsp3) is 0.360. The van der Waals surface area contributed by atoms with Gasteiger partial charge < -0.3 is 15.8 Å². The van der Waals surface area contributed by atoms with Crippen LogP contribution in [0.1, 0.15) is 35.4 Å². The molecule has 3 aromatic rings. The fourth-order valence-electron chi connectivity index (χ4n) is 3.42. The minimum absolute atomic E-state index is 0.686. The van der Waals surface area contributed by atoms with Crippen LogP contribution >= 0.6 is 0 Å². The van der Waals surface area contributed by atoms with Crippen LogP contribution in [0.25, 0.3) is 0 Å². The van der Waals surface area contributed by atoms with E-state index in [2.05, 4.69) is 51.5 Å². The van der Waals surface area contributed by atoms with E-state index in [9.17, 15) is 0 Å². The zero-order chi connectivity index (χ0) is 21.7. The van der Waals surface area contributed by atoms with Crippen LogP contribution in [-0.4, -0.2) is 35.1 Å². The zero-order valence-corrected chi connectivity index (χ0v) is 18.3. The number of unbranched alkanes of at least 4 members (excludes halogenated alkanes) is 1. The molecule has 0 radical (unpaired) electrons. The maximum absolute atomic E-state index is 6.03. The highest BCUT2D eigenvalue weighted by Gasteiger charge is 2.07. The molecule has 164 valence electrons. The Bertz CT molecular complexity index is 889. The summed E-state index contributed by atoms with van der Waals surface area (Å²) in [7, 11) is 2.11. The minimum atomic E-state index is 0.686. The number of nitrogens with two attached hydrogens (primary N) is 1. The van der Waals surface area contributed by atoms with Gasteiger partial charge in [0.05, 0.1) is 18.0 Å². The number of hydrogen-bond donors (Lipinski definition) is 2. The summed E-state index contributed by atoms with van der Waals surface area (Å²) in [6.07, 6.45) is 5.60. The summed E-state index contributed by atoms with van der Waals surface area (Å²) in [4.78, 5) is 11.1. The fourth-order valence-corrected chi connectivity index (χ4v) is 3.42. The van der Waals surface area contributed by atoms with Crippen molar-refractivity contribution in [1.82, 2.24) is 20.2 Å². The Kier molecular flexibility index (Phi) is 9.44. The standard InChI is InChI=1S/C25H33N5O/c1-30(20-24-9-3-6-12-29-24)19-22-14-21(15-25(16-22)31-13-7-4-10-26)17-27-18-23-8-2-5-11-28-23/h2-3,5-6,8-9,11-12,14-16,27H,4,7,10,13,17-20,26H2,1H3. The molecule has 0 saturated heterocycles. The lowest BCUT2D eigenvalue weighted by Crippen LogP contribution is -2.18. The van der Waals surface area contributed by atoms with Crippen molar-refractivity contribution < 1.29 is 4.74 Å². The molecular formula is C25H33N5O. The zero-order valence-electron chi connectivity index (χ0n) is 18.3. The Morgan fingerprint density at radius 3 is 2.32 bits per heavy atom. The van der Waals surface area contributed by atoms with Crippen molar-refractivity contribution in [1.29, 1.82) is 0 Å². The highest BCUT2D eigenvalue weighted by Crippen LogP contribution is 2.20. The van der Waals surface area contributed by atoms with Crippen LogP contribution in [0.15, 0.2) is 67.0 Å². The van der Waals surface area contributed by atoms with E-state index in [0.29, 0.717) is 13.2 Å². The summed E-state index contributed by atoms with van der Waals surface area (Å²) in [6, 6.07) is 18.5. The third kappa shape index (κ3) is 8.45. The van der Waals surface area contributed by atoms with Gasteiger partial charge in [-0.25, -0.2) is 0 Å². The van der Waals surface area contributed by atoms with Crippen molar-refractivity contribution >= 4 is 0 Å².